The van der Waals surface area contributed by atoms with Gasteiger partial charge in [0, 0.05) is 25.2 Å². The van der Waals surface area contributed by atoms with Crippen LogP contribution in [0.5, 0.6) is 0 Å². The summed E-state index contributed by atoms with van der Waals surface area (Å²) in [6.45, 7) is 7.25. The third kappa shape index (κ3) is 3.86. The molecule has 0 unspecified atom stereocenters. The van der Waals surface area contributed by atoms with E-state index in [-0.39, 0.29) is 5.91 Å². The van der Waals surface area contributed by atoms with Gasteiger partial charge in [-0.15, -0.1) is 0 Å². The van der Waals surface area contributed by atoms with Gasteiger partial charge in [-0.2, -0.15) is 0 Å². The van der Waals surface area contributed by atoms with Crippen molar-refractivity contribution in [1.82, 2.24) is 4.90 Å². The van der Waals surface area contributed by atoms with Crippen LogP contribution in [0.4, 0.5) is 5.69 Å². The SMILES string of the molecule is [CH2]CC(=O)N(CCN(C)C)c1ccccc1C. The van der Waals surface area contributed by atoms with Gasteiger partial charge < -0.3 is 9.80 Å². The Bertz CT molecular complexity index is 374. The average Bonchev–Trinajstić information content (AvgIpc) is 2.30. The van der Waals surface area contributed by atoms with Crippen molar-refractivity contribution in [2.75, 3.05) is 32.1 Å². The summed E-state index contributed by atoms with van der Waals surface area (Å²) in [5.41, 5.74) is 2.11. The van der Waals surface area contributed by atoms with E-state index in [1.807, 2.05) is 50.2 Å². The van der Waals surface area contributed by atoms with Crippen LogP contribution < -0.4 is 4.90 Å². The molecule has 0 bridgehead atoms. The zero-order valence-corrected chi connectivity index (χ0v) is 10.9. The fourth-order valence-corrected chi connectivity index (χ4v) is 1.68. The number of amides is 1. The van der Waals surface area contributed by atoms with Crippen LogP contribution in [0.1, 0.15) is 12.0 Å². The van der Waals surface area contributed by atoms with Crippen molar-refractivity contribution in [2.45, 2.75) is 13.3 Å². The minimum absolute atomic E-state index is 0.0705. The number of nitrogens with zero attached hydrogens (tertiary/aromatic N) is 2. The molecular weight excluding hydrogens is 212 g/mol. The molecule has 0 saturated carbocycles. The van der Waals surface area contributed by atoms with Crippen LogP contribution in [0.2, 0.25) is 0 Å². The molecule has 0 aliphatic heterocycles. The van der Waals surface area contributed by atoms with Gasteiger partial charge in [0.15, 0.2) is 0 Å². The van der Waals surface area contributed by atoms with E-state index >= 15 is 0 Å². The van der Waals surface area contributed by atoms with Crippen molar-refractivity contribution < 1.29 is 4.79 Å². The number of para-hydroxylation sites is 1. The van der Waals surface area contributed by atoms with Gasteiger partial charge in [-0.3, -0.25) is 4.79 Å². The highest BCUT2D eigenvalue weighted by molar-refractivity contribution is 5.94. The summed E-state index contributed by atoms with van der Waals surface area (Å²) in [5, 5.41) is 0. The molecule has 1 aromatic rings. The second-order valence-corrected chi connectivity index (χ2v) is 4.39. The maximum Gasteiger partial charge on any atom is 0.227 e. The summed E-state index contributed by atoms with van der Waals surface area (Å²) in [5.74, 6) is 0.0705. The minimum Gasteiger partial charge on any atom is -0.311 e. The molecule has 1 rings (SSSR count). The molecule has 1 amide bonds. The van der Waals surface area contributed by atoms with Gasteiger partial charge in [-0.25, -0.2) is 0 Å². The first-order chi connectivity index (χ1) is 8.06. The topological polar surface area (TPSA) is 23.6 Å². The van der Waals surface area contributed by atoms with Crippen molar-refractivity contribution >= 4 is 11.6 Å². The lowest BCUT2D eigenvalue weighted by molar-refractivity contribution is -0.117. The molecule has 3 nitrogen and oxygen atoms in total. The van der Waals surface area contributed by atoms with Crippen LogP contribution in [-0.4, -0.2) is 38.0 Å². The Kier molecular flexibility index (Phi) is 5.16. The molecule has 0 atom stereocenters. The first-order valence-corrected chi connectivity index (χ1v) is 5.86. The van der Waals surface area contributed by atoms with Gasteiger partial charge in [-0.1, -0.05) is 18.2 Å². The Morgan fingerprint density at radius 1 is 1.24 bits per heavy atom. The Morgan fingerprint density at radius 2 is 1.88 bits per heavy atom. The number of likely N-dealkylation sites (N-methyl/N-ethyl adjacent to an activating group) is 1. The summed E-state index contributed by atoms with van der Waals surface area (Å²) in [4.78, 5) is 15.8. The Hall–Kier alpha value is -1.35. The van der Waals surface area contributed by atoms with Gasteiger partial charge in [0.2, 0.25) is 5.91 Å². The number of benzene rings is 1. The lowest BCUT2D eigenvalue weighted by Gasteiger charge is -2.25. The number of hydrogen-bond donors (Lipinski definition) is 0. The zero-order valence-electron chi connectivity index (χ0n) is 10.9. The Labute approximate surface area is 104 Å². The van der Waals surface area contributed by atoms with Crippen LogP contribution in [-0.2, 0) is 4.79 Å². The molecule has 1 aromatic carbocycles. The molecule has 0 saturated heterocycles. The fraction of sp³-hybridized carbons (Fsp3) is 0.429. The molecule has 0 aliphatic rings. The number of carbonyl (C=O) groups excluding carboxylic acids is 1. The van der Waals surface area contributed by atoms with Crippen molar-refractivity contribution in [1.29, 1.82) is 0 Å². The average molecular weight is 233 g/mol. The third-order valence-electron chi connectivity index (χ3n) is 2.69. The molecule has 1 radical (unpaired) electrons. The lowest BCUT2D eigenvalue weighted by Crippen LogP contribution is -2.36. The summed E-state index contributed by atoms with van der Waals surface area (Å²) in [7, 11) is 4.01. The quantitative estimate of drug-likeness (QED) is 0.777. The van der Waals surface area contributed by atoms with Gasteiger partial charge >= 0.3 is 0 Å². The number of anilines is 1. The number of hydrogen-bond acceptors (Lipinski definition) is 2. The maximum absolute atomic E-state index is 11.9. The van der Waals surface area contributed by atoms with E-state index in [0.29, 0.717) is 13.0 Å². The highest BCUT2D eigenvalue weighted by Crippen LogP contribution is 2.19. The van der Waals surface area contributed by atoms with Crippen LogP contribution >= 0.6 is 0 Å². The molecule has 0 aromatic heterocycles. The number of rotatable bonds is 5. The van der Waals surface area contributed by atoms with Crippen molar-refractivity contribution in [3.8, 4) is 0 Å². The highest BCUT2D eigenvalue weighted by Gasteiger charge is 2.15. The van der Waals surface area contributed by atoms with E-state index in [1.54, 1.807) is 0 Å². The second kappa shape index (κ2) is 6.40. The van der Waals surface area contributed by atoms with E-state index in [9.17, 15) is 4.79 Å². The highest BCUT2D eigenvalue weighted by atomic mass is 16.2. The van der Waals surface area contributed by atoms with Crippen molar-refractivity contribution in [3.05, 3.63) is 36.8 Å². The van der Waals surface area contributed by atoms with Crippen molar-refractivity contribution in [2.24, 2.45) is 0 Å². The summed E-state index contributed by atoms with van der Waals surface area (Å²) in [6.07, 6.45) is 0.293. The van der Waals surface area contributed by atoms with E-state index in [4.69, 9.17) is 0 Å². The molecule has 0 heterocycles. The van der Waals surface area contributed by atoms with Gasteiger partial charge in [0.1, 0.15) is 0 Å². The monoisotopic (exact) mass is 233 g/mol. The Balaban J connectivity index is 2.90. The number of carbonyl (C=O) groups is 1. The van der Waals surface area contributed by atoms with E-state index in [0.717, 1.165) is 17.8 Å². The number of aryl methyl sites for hydroxylation is 1. The summed E-state index contributed by atoms with van der Waals surface area (Å²) < 4.78 is 0. The molecule has 17 heavy (non-hydrogen) atoms. The summed E-state index contributed by atoms with van der Waals surface area (Å²) in [6, 6.07) is 7.95. The molecule has 0 N–H and O–H groups in total. The predicted octanol–water partition coefficient (Wildman–Crippen LogP) is 2.11. The second-order valence-electron chi connectivity index (χ2n) is 4.39. The minimum atomic E-state index is 0.0705. The first-order valence-electron chi connectivity index (χ1n) is 5.86. The van der Waals surface area contributed by atoms with Gasteiger partial charge in [-0.05, 0) is 39.6 Å². The van der Waals surface area contributed by atoms with Crippen LogP contribution in [0.25, 0.3) is 0 Å². The van der Waals surface area contributed by atoms with E-state index in [2.05, 4.69) is 11.8 Å². The first kappa shape index (κ1) is 13.7. The van der Waals surface area contributed by atoms with Crippen LogP contribution in [0.3, 0.4) is 0 Å². The zero-order chi connectivity index (χ0) is 12.8. The van der Waals surface area contributed by atoms with Crippen LogP contribution in [0, 0.1) is 13.8 Å². The maximum atomic E-state index is 11.9. The smallest absolute Gasteiger partial charge is 0.227 e. The lowest BCUT2D eigenvalue weighted by atomic mass is 10.1. The molecule has 93 valence electrons. The van der Waals surface area contributed by atoms with Gasteiger partial charge in [0.05, 0.1) is 0 Å². The molecule has 0 spiro atoms. The summed E-state index contributed by atoms with van der Waals surface area (Å²) >= 11 is 0. The largest absolute Gasteiger partial charge is 0.311 e. The molecular formula is C14H21N2O. The third-order valence-corrected chi connectivity index (χ3v) is 2.69. The normalized spacial score (nSPS) is 10.6. The van der Waals surface area contributed by atoms with Crippen molar-refractivity contribution in [3.63, 3.8) is 0 Å². The molecule has 0 aliphatic carbocycles. The standard InChI is InChI=1S/C14H21N2O/c1-5-14(17)16(11-10-15(3)4)13-9-7-6-8-12(13)2/h6-9H,1,5,10-11H2,2-4H3. The Morgan fingerprint density at radius 3 is 2.41 bits per heavy atom. The predicted molar refractivity (Wildman–Crippen MR) is 72.1 cm³/mol. The van der Waals surface area contributed by atoms with Crippen LogP contribution in [0.15, 0.2) is 24.3 Å². The molecule has 0 fully saturated rings. The fourth-order valence-electron chi connectivity index (χ4n) is 1.68. The van der Waals surface area contributed by atoms with E-state index in [1.165, 1.54) is 0 Å². The molecule has 3 heteroatoms. The van der Waals surface area contributed by atoms with Gasteiger partial charge in [0.25, 0.3) is 0 Å². The van der Waals surface area contributed by atoms with E-state index < -0.39 is 0 Å².